The van der Waals surface area contributed by atoms with Crippen molar-refractivity contribution in [3.63, 3.8) is 0 Å². The van der Waals surface area contributed by atoms with Gasteiger partial charge in [-0.1, -0.05) is 51.0 Å². The van der Waals surface area contributed by atoms with Gasteiger partial charge in [0.05, 0.1) is 19.2 Å². The summed E-state index contributed by atoms with van der Waals surface area (Å²) in [4.78, 5) is 0. The molecule has 0 aromatic carbocycles. The number of aliphatic hydroxyl groups excluding tert-OH is 1. The molecule has 0 saturated heterocycles. The summed E-state index contributed by atoms with van der Waals surface area (Å²) in [5.74, 6) is 1.87. The molecular weight excluding hydrogens is 372 g/mol. The van der Waals surface area contributed by atoms with Crippen LogP contribution in [0.25, 0.3) is 0 Å². The first-order valence-corrected chi connectivity index (χ1v) is 11.9. The van der Waals surface area contributed by atoms with E-state index < -0.39 is 24.2 Å². The summed E-state index contributed by atoms with van der Waals surface area (Å²) >= 11 is 0. The second-order valence-corrected chi connectivity index (χ2v) is 11.0. The number of fused-ring (bicyclic) bond motifs is 1. The molecule has 3 aliphatic rings. The largest absolute Gasteiger partial charge is 0.393 e. The molecule has 170 valence electrons. The molecule has 3 aliphatic carbocycles. The first-order valence-electron chi connectivity index (χ1n) is 13.4. The van der Waals surface area contributed by atoms with Gasteiger partial charge >= 0.3 is 0 Å². The molecule has 0 bridgehead atoms. The van der Waals surface area contributed by atoms with E-state index in [1.807, 2.05) is 19.9 Å². The number of hydrogen-bond acceptors (Lipinski definition) is 3. The van der Waals surface area contributed by atoms with E-state index in [0.717, 1.165) is 25.7 Å². The molecule has 3 rings (SSSR count). The van der Waals surface area contributed by atoms with Crippen molar-refractivity contribution in [2.45, 2.75) is 110 Å². The second-order valence-electron chi connectivity index (χ2n) is 11.0. The van der Waals surface area contributed by atoms with E-state index in [9.17, 15) is 10.2 Å². The van der Waals surface area contributed by atoms with Crippen LogP contribution >= 0.6 is 0 Å². The Hall–Kier alpha value is -0.900. The number of aliphatic hydroxyl groups is 3. The molecule has 0 aliphatic heterocycles. The molecule has 30 heavy (non-hydrogen) atoms. The highest BCUT2D eigenvalue weighted by atomic mass is 16.3. The van der Waals surface area contributed by atoms with Gasteiger partial charge in [-0.25, -0.2) is 0 Å². The van der Waals surface area contributed by atoms with Gasteiger partial charge in [0.25, 0.3) is 0 Å². The molecule has 3 unspecified atom stereocenters. The predicted octanol–water partition coefficient (Wildman–Crippen LogP) is 5.70. The Morgan fingerprint density at radius 1 is 1.40 bits per heavy atom. The van der Waals surface area contributed by atoms with Crippen LogP contribution in [0.1, 0.15) is 94.6 Å². The Labute approximate surface area is 188 Å². The van der Waals surface area contributed by atoms with Crippen LogP contribution in [-0.4, -0.2) is 34.5 Å². The fraction of sp³-hybridized carbons (Fsp3) is 0.778. The molecule has 0 heterocycles. The van der Waals surface area contributed by atoms with E-state index in [4.69, 9.17) is 4.17 Å². The number of hydrogen-bond donors (Lipinski definition) is 3. The van der Waals surface area contributed by atoms with Crippen LogP contribution in [-0.2, 0) is 0 Å². The lowest BCUT2D eigenvalue weighted by molar-refractivity contribution is 0.0596. The fourth-order valence-corrected chi connectivity index (χ4v) is 6.47. The normalized spacial score (nSPS) is 45.1. The van der Waals surface area contributed by atoms with Crippen molar-refractivity contribution in [2.24, 2.45) is 23.2 Å². The average molecular weight is 420 g/mol. The van der Waals surface area contributed by atoms with Gasteiger partial charge < -0.3 is 15.3 Å². The lowest BCUT2D eigenvalue weighted by Crippen LogP contribution is -2.36. The molecular formula is C27H44O3. The first kappa shape index (κ1) is 19.8. The van der Waals surface area contributed by atoms with Crippen molar-refractivity contribution >= 4 is 0 Å². The maximum Gasteiger partial charge on any atom is 0.210 e. The molecule has 3 saturated carbocycles. The van der Waals surface area contributed by atoms with E-state index in [2.05, 4.69) is 31.6 Å². The summed E-state index contributed by atoms with van der Waals surface area (Å²) in [7, 11) is 0. The summed E-state index contributed by atoms with van der Waals surface area (Å²) in [6.07, 6.45) is 9.01. The average Bonchev–Trinajstić information content (AvgIpc) is 3.10. The van der Waals surface area contributed by atoms with Crippen LogP contribution in [0.3, 0.4) is 0 Å². The molecule has 0 spiro atoms. The lowest BCUT2D eigenvalue weighted by Gasteiger charge is -2.44. The fourth-order valence-electron chi connectivity index (χ4n) is 6.47. The Balaban J connectivity index is 1.75. The SMILES string of the molecule is [2H]O[C@]1([2H])C/C(=C/C=C2CCC[C@@]3(C)C2CC[C@@H]3[C@H](C)CCCC(C)(C)O)C(=C)C(O)C1[2H]. The van der Waals surface area contributed by atoms with Crippen molar-refractivity contribution in [3.8, 4) is 0 Å². The molecule has 3 heteroatoms. The maximum atomic E-state index is 10.4. The lowest BCUT2D eigenvalue weighted by atomic mass is 9.60. The summed E-state index contributed by atoms with van der Waals surface area (Å²) in [6, 6.07) is 0. The Morgan fingerprint density at radius 2 is 2.17 bits per heavy atom. The number of rotatable bonds is 7. The first-order chi connectivity index (χ1) is 15.3. The highest BCUT2D eigenvalue weighted by Crippen LogP contribution is 2.60. The topological polar surface area (TPSA) is 60.7 Å². The van der Waals surface area contributed by atoms with E-state index >= 15 is 0 Å². The van der Waals surface area contributed by atoms with Crippen LogP contribution < -0.4 is 0 Å². The van der Waals surface area contributed by atoms with E-state index in [0.29, 0.717) is 28.9 Å². The zero-order valence-corrected chi connectivity index (χ0v) is 19.4. The van der Waals surface area contributed by atoms with Gasteiger partial charge in [0.2, 0.25) is 1.43 Å². The van der Waals surface area contributed by atoms with Crippen LogP contribution in [0.4, 0.5) is 0 Å². The highest BCUT2D eigenvalue weighted by Gasteiger charge is 2.50. The Kier molecular flexibility index (Phi) is 6.13. The molecule has 3 fully saturated rings. The molecule has 3 N–H and O–H groups in total. The van der Waals surface area contributed by atoms with Crippen molar-refractivity contribution < 1.29 is 18.1 Å². The van der Waals surface area contributed by atoms with Gasteiger partial charge in [-0.15, -0.1) is 0 Å². The Morgan fingerprint density at radius 3 is 2.87 bits per heavy atom. The van der Waals surface area contributed by atoms with Crippen LogP contribution in [0.2, 0.25) is 0 Å². The monoisotopic (exact) mass is 419 g/mol. The minimum Gasteiger partial charge on any atom is -0.393 e. The van der Waals surface area contributed by atoms with Gasteiger partial charge in [-0.3, -0.25) is 0 Å². The zero-order valence-electron chi connectivity index (χ0n) is 22.4. The van der Waals surface area contributed by atoms with E-state index in [1.54, 1.807) is 0 Å². The van der Waals surface area contributed by atoms with Crippen molar-refractivity contribution in [3.05, 3.63) is 35.5 Å². The second kappa shape index (κ2) is 9.30. The van der Waals surface area contributed by atoms with Crippen LogP contribution in [0, 0.1) is 23.2 Å². The smallest absolute Gasteiger partial charge is 0.210 e. The van der Waals surface area contributed by atoms with Crippen molar-refractivity contribution in [2.75, 3.05) is 0 Å². The molecule has 0 amide bonds. The maximum absolute atomic E-state index is 10.4. The number of allylic oxidation sites excluding steroid dienone is 3. The Bertz CT molecular complexity index is 786. The molecule has 0 aromatic heterocycles. The third-order valence-electron chi connectivity index (χ3n) is 8.15. The van der Waals surface area contributed by atoms with Crippen LogP contribution in [0.5, 0.6) is 0 Å². The summed E-state index contributed by atoms with van der Waals surface area (Å²) in [6.45, 7) is 12.6. The minimum atomic E-state index is -1.77. The molecule has 0 aromatic rings. The highest BCUT2D eigenvalue weighted by molar-refractivity contribution is 5.38. The minimum absolute atomic E-state index is 0.0904. The molecule has 0 radical (unpaired) electrons. The molecule has 3 nitrogen and oxygen atoms in total. The van der Waals surface area contributed by atoms with E-state index in [-0.39, 0.29) is 11.8 Å². The third-order valence-corrected chi connectivity index (χ3v) is 8.15. The zero-order chi connectivity index (χ0) is 24.6. The van der Waals surface area contributed by atoms with E-state index in [1.165, 1.54) is 31.3 Å². The van der Waals surface area contributed by atoms with Gasteiger partial charge in [-0.2, -0.15) is 0 Å². The van der Waals surface area contributed by atoms with Gasteiger partial charge in [0, 0.05) is 7.77 Å². The van der Waals surface area contributed by atoms with Gasteiger partial charge in [0.1, 0.15) is 0 Å². The summed E-state index contributed by atoms with van der Waals surface area (Å²) in [5, 5.41) is 25.0. The quantitative estimate of drug-likeness (QED) is 0.496. The van der Waals surface area contributed by atoms with Crippen LogP contribution in [0.15, 0.2) is 35.5 Å². The van der Waals surface area contributed by atoms with Crippen molar-refractivity contribution in [1.29, 1.82) is 1.43 Å². The van der Waals surface area contributed by atoms with Gasteiger partial charge in [0.15, 0.2) is 0 Å². The summed E-state index contributed by atoms with van der Waals surface area (Å²) < 4.78 is 23.6. The molecule has 7 atom stereocenters. The third kappa shape index (κ3) is 5.29. The van der Waals surface area contributed by atoms with Crippen molar-refractivity contribution in [1.82, 2.24) is 0 Å². The summed E-state index contributed by atoms with van der Waals surface area (Å²) in [5.41, 5.74) is 2.32. The van der Waals surface area contributed by atoms with Gasteiger partial charge in [-0.05, 0) is 93.1 Å². The predicted molar refractivity (Wildman–Crippen MR) is 124 cm³/mol. The standard InChI is InChI=1S/C27H44O3/c1-18(8-6-14-26(3,4)30)23-12-13-24-20(9-7-15-27(23,24)5)10-11-21-16-22(28)17-25(29)19(21)2/h10-11,18,22-25,28-30H,2,6-9,12-17H2,1,3-5H3/b20-10?,21-11-/t18-,22-,23-,24?,25?,27-/m1/s1/i17D,22D,28D/t17?,18-,22-,23-,24?,25?,27-.